The van der Waals surface area contributed by atoms with Gasteiger partial charge in [0, 0.05) is 58.7 Å². The van der Waals surface area contributed by atoms with Crippen molar-refractivity contribution in [2.24, 2.45) is 10.4 Å². The van der Waals surface area contributed by atoms with Gasteiger partial charge in [-0.25, -0.2) is 88.2 Å². The Hall–Kier alpha value is -7.89. The van der Waals surface area contributed by atoms with Crippen LogP contribution < -0.4 is 18.9 Å². The molecule has 11 heterocycles. The minimum Gasteiger partial charge on any atom is -0.870 e. The Morgan fingerprint density at radius 2 is 0.820 bits per heavy atom. The number of hydrogen-bond donors (Lipinski definition) is 6. The summed E-state index contributed by atoms with van der Waals surface area (Å²) in [5.74, 6) is -2.60. The molecule has 38 nitrogen and oxygen atoms in total. The Kier molecular flexibility index (Phi) is 48.7. The number of unbranched alkanes of at least 4 members (excludes halogenated alkanes) is 1. The van der Waals surface area contributed by atoms with Gasteiger partial charge in [-0.05, 0) is 41.0 Å². The summed E-state index contributed by atoms with van der Waals surface area (Å²) < 4.78 is 32.1. The Labute approximate surface area is 687 Å². The zero-order valence-corrected chi connectivity index (χ0v) is 71.8. The average Bonchev–Trinajstić information content (AvgIpc) is 1.68. The number of esters is 1. The summed E-state index contributed by atoms with van der Waals surface area (Å²) in [7, 11) is -4.15. The van der Waals surface area contributed by atoms with Crippen molar-refractivity contribution in [1.29, 1.82) is 11.1 Å². The van der Waals surface area contributed by atoms with E-state index in [1.807, 2.05) is 6.92 Å². The van der Waals surface area contributed by atoms with Crippen LogP contribution >= 0.6 is 70.4 Å². The van der Waals surface area contributed by atoms with E-state index in [1.165, 1.54) is 56.4 Å². The van der Waals surface area contributed by atoms with Gasteiger partial charge < -0.3 is 39.4 Å². The minimum atomic E-state index is -1.11. The van der Waals surface area contributed by atoms with Gasteiger partial charge in [-0.2, -0.15) is 36.6 Å². The second-order valence-electron chi connectivity index (χ2n) is 27.1. The largest absolute Gasteiger partial charge is 1.00 e. The first-order valence-corrected chi connectivity index (χ1v) is 49.5. The number of halogens is 6. The number of carbonyl (C=O) groups excluding carboxylic acids is 2. The number of carboxylic acids is 2. The molecule has 11 rings (SSSR count). The standard InChI is InChI=1S/C16H26N4O3Si.C12H18N4O3Si.C11H17ClN4OSi.C6H15ClOSi.C6H4N4O2.C5H2Cl2N2O.C5H3ClN4.CH4.ClH.Li.H2N4.H2O/c1-5-6-7-23-16(21)14-13-10-19-20(15(13)18-11-17-14)12-22-8-9-24(2,3)4;1-20(2,3)5-4-19-8-16-11-9(6-15-16)10(12(17)18)13-7-14-11;1-18(2,3)5-4-17-8-16-11-9(6-15-16)10(12)13-7-14-11;1-9(2,3)5-4-8-6-7;11-6(12)4-3-1-9-10-5(3)8-2-7-4;6-4-3(1-10)5(7)9-2-8-4;6-4-3-1-9-10-5(3)8-2-7-4;;;;1-3-4-2;/h10-11H,5-9,12H2,1-4H3;6-7H,4-5,8H2,1-3H3,(H,17,18);6-7H,4-5,8H2,1-3H3;4-6H2,1-3H3;1-2H,(H,11,12)(H,7,8,9,10);1-2H;1-2H,(H,7,8,9,10);1H4;1H;;1-2H;1H2/q;;;;;;;;;+1;;/p-1. The van der Waals surface area contributed by atoms with Gasteiger partial charge in [-0.3, -0.25) is 15.0 Å². The van der Waals surface area contributed by atoms with Crippen molar-refractivity contribution in [3.63, 3.8) is 0 Å². The van der Waals surface area contributed by atoms with Crippen molar-refractivity contribution in [3.05, 3.63) is 112 Å². The Bertz CT molecular complexity index is 4580. The molecule has 0 bridgehead atoms. The molecule has 602 valence electrons. The molecule has 0 aliphatic carbocycles. The number of carboxylic acid groups (broad SMARTS) is 2. The van der Waals surface area contributed by atoms with Crippen LogP contribution in [0.4, 0.5) is 0 Å². The molecule has 0 fully saturated rings. The van der Waals surface area contributed by atoms with E-state index in [2.05, 4.69) is 185 Å². The SMILES string of the molecule is C.CCCCOC(=O)c1ncnc2c1cnn2COCC[Si](C)(C)C.C[Si](C)(C)CCOCCl.C[Si](C)(C)CCOCn1ncc2c(C(=O)O)ncnc21.C[Si](C)(C)CCOCn1ncc2c(Cl)ncnc21.Cl.Clc1ncnc2[nH]ncc12.N=NN=N.O=C(O)c1ncnc2[nH]ncc12.O=Cc1c(Cl)ncnc1Cl.[Li+].[OH-]. The molecule has 0 aliphatic heterocycles. The van der Waals surface area contributed by atoms with Crippen LogP contribution in [-0.2, 0) is 43.9 Å². The minimum absolute atomic E-state index is 0. The molecule has 0 aromatic carbocycles. The fraction of sp³-hybridized carbons (Fsp3) is 0.468. The fourth-order valence-corrected chi connectivity index (χ4v) is 11.7. The number of ether oxygens (including phenoxy) is 5. The summed E-state index contributed by atoms with van der Waals surface area (Å²) in [6, 6.07) is 4.85. The molecule has 11 aromatic heterocycles. The van der Waals surface area contributed by atoms with Crippen LogP contribution in [0, 0.1) is 11.1 Å². The zero-order valence-electron chi connectivity index (χ0n) is 63.2. The van der Waals surface area contributed by atoms with Crippen molar-refractivity contribution in [3.8, 4) is 0 Å². The maximum Gasteiger partial charge on any atom is 1.00 e. The van der Waals surface area contributed by atoms with Crippen LogP contribution in [-0.4, -0.2) is 221 Å². The van der Waals surface area contributed by atoms with Gasteiger partial charge in [0.1, 0.15) is 84.8 Å². The van der Waals surface area contributed by atoms with Crippen LogP contribution in [0.1, 0.15) is 69.0 Å². The number of alkyl halides is 1. The van der Waals surface area contributed by atoms with Crippen molar-refractivity contribution in [2.45, 2.75) is 150 Å². The van der Waals surface area contributed by atoms with Gasteiger partial charge in [0.05, 0.1) is 70.1 Å². The van der Waals surface area contributed by atoms with Crippen molar-refractivity contribution in [2.75, 3.05) is 39.1 Å². The van der Waals surface area contributed by atoms with E-state index >= 15 is 0 Å². The monoisotopic (exact) mass is 1720 g/mol. The number of H-pyrrole nitrogens is 2. The van der Waals surface area contributed by atoms with Gasteiger partial charge >= 0.3 is 36.8 Å². The van der Waals surface area contributed by atoms with Crippen LogP contribution in [0.5, 0.6) is 0 Å². The zero-order chi connectivity index (χ0) is 79.3. The summed E-state index contributed by atoms with van der Waals surface area (Å²) in [6.45, 7) is 34.1. The number of aromatic nitrogens is 22. The molecule has 0 spiro atoms. The third kappa shape index (κ3) is 37.5. The summed E-state index contributed by atoms with van der Waals surface area (Å²) >= 11 is 27.9. The molecular formula is C62H93Cl6LiN26O12Si4. The molecule has 0 amide bonds. The number of nitrogens with one attached hydrogen (secondary N) is 4. The molecule has 7 N–H and O–H groups in total. The topological polar surface area (TPSA) is 523 Å². The fourth-order valence-electron chi connectivity index (χ4n) is 7.79. The second-order valence-corrected chi connectivity index (χ2v) is 51.2. The third-order valence-corrected chi connectivity index (χ3v) is 21.9. The number of aromatic amines is 2. The second kappa shape index (κ2) is 52.4. The van der Waals surface area contributed by atoms with Gasteiger partial charge in [0.25, 0.3) is 0 Å². The number of fused-ring (bicyclic) bond motifs is 5. The molecular weight excluding hydrogens is 1630 g/mol. The van der Waals surface area contributed by atoms with Gasteiger partial charge in [-0.1, -0.05) is 157 Å². The summed E-state index contributed by atoms with van der Waals surface area (Å²) in [5.41, 5.74) is 14.6. The molecule has 111 heavy (non-hydrogen) atoms. The first-order chi connectivity index (χ1) is 50.7. The normalized spacial score (nSPS) is 10.8. The third-order valence-electron chi connectivity index (χ3n) is 13.7. The Balaban J connectivity index is 0.00000128. The van der Waals surface area contributed by atoms with Crippen LogP contribution in [0.2, 0.25) is 123 Å². The molecule has 0 saturated heterocycles. The quantitative estimate of drug-likeness (QED) is 0.00407. The molecule has 0 radical (unpaired) electrons. The van der Waals surface area contributed by atoms with Crippen LogP contribution in [0.15, 0.2) is 79.4 Å². The predicted octanol–water partition coefficient (Wildman–Crippen LogP) is 11.8. The number of aldehydes is 1. The van der Waals surface area contributed by atoms with E-state index in [1.54, 1.807) is 32.6 Å². The van der Waals surface area contributed by atoms with E-state index in [-0.39, 0.29) is 83.9 Å². The molecule has 49 heteroatoms. The van der Waals surface area contributed by atoms with E-state index in [0.717, 1.165) is 55.0 Å². The first kappa shape index (κ1) is 103. The molecule has 0 atom stereocenters. The molecule has 11 aromatic rings. The molecule has 0 unspecified atom stereocenters. The van der Waals surface area contributed by atoms with E-state index in [9.17, 15) is 19.2 Å². The maximum atomic E-state index is 12.1. The maximum absolute atomic E-state index is 12.1. The molecule has 0 saturated carbocycles. The number of nitrogens with zero attached hydrogens (tertiary/aromatic N) is 22. The molecule has 0 aliphatic rings. The van der Waals surface area contributed by atoms with E-state index < -0.39 is 50.2 Å². The Morgan fingerprint density at radius 3 is 1.21 bits per heavy atom. The van der Waals surface area contributed by atoms with Gasteiger partial charge in [0.15, 0.2) is 51.6 Å². The summed E-state index contributed by atoms with van der Waals surface area (Å²) in [6.07, 6.45) is 17.8. The summed E-state index contributed by atoms with van der Waals surface area (Å²) in [5, 5.41) is 51.4. The van der Waals surface area contributed by atoms with Crippen molar-refractivity contribution < 1.29 is 77.4 Å². The van der Waals surface area contributed by atoms with Crippen molar-refractivity contribution in [1.82, 2.24) is 110 Å². The van der Waals surface area contributed by atoms with Crippen molar-refractivity contribution >= 4 is 182 Å². The summed E-state index contributed by atoms with van der Waals surface area (Å²) in [4.78, 5) is 90.3. The van der Waals surface area contributed by atoms with Crippen LogP contribution in [0.25, 0.3) is 55.2 Å². The predicted molar refractivity (Wildman–Crippen MR) is 429 cm³/mol. The number of rotatable bonds is 27. The Morgan fingerprint density at radius 1 is 0.486 bits per heavy atom. The van der Waals surface area contributed by atoms with E-state index in [0.29, 0.717) is 100 Å². The number of carbonyl (C=O) groups is 4. The van der Waals surface area contributed by atoms with Gasteiger partial charge in [-0.15, -0.1) is 12.4 Å². The van der Waals surface area contributed by atoms with Gasteiger partial charge in [0.2, 0.25) is 0 Å². The van der Waals surface area contributed by atoms with Crippen LogP contribution in [0.3, 0.4) is 0 Å². The smallest absolute Gasteiger partial charge is 0.870 e. The van der Waals surface area contributed by atoms with E-state index in [4.69, 9.17) is 103 Å². The number of hydrogen-bond acceptors (Lipinski definition) is 29. The first-order valence-electron chi connectivity index (χ1n) is 32.6. The average molecular weight is 1730 g/mol. The number of aromatic carboxylic acids is 2.